The van der Waals surface area contributed by atoms with Gasteiger partial charge in [0.2, 0.25) is 5.91 Å². The number of aromatic nitrogens is 1. The van der Waals surface area contributed by atoms with Crippen LogP contribution in [0.1, 0.15) is 11.3 Å². The van der Waals surface area contributed by atoms with Crippen LogP contribution in [0.2, 0.25) is 10.0 Å². The SMILES string of the molecule is O=C(Cc1csc(-c2ccccc2Cl)n1)NCc1ccccc1Cl. The van der Waals surface area contributed by atoms with Crippen LogP contribution in [0.15, 0.2) is 53.9 Å². The number of carbonyl (C=O) groups is 1. The molecule has 0 bridgehead atoms. The Morgan fingerprint density at radius 1 is 1.04 bits per heavy atom. The fourth-order valence-electron chi connectivity index (χ4n) is 2.21. The van der Waals surface area contributed by atoms with Gasteiger partial charge in [0.15, 0.2) is 0 Å². The van der Waals surface area contributed by atoms with Crippen LogP contribution in [0.3, 0.4) is 0 Å². The summed E-state index contributed by atoms with van der Waals surface area (Å²) in [4.78, 5) is 16.6. The predicted octanol–water partition coefficient (Wildman–Crippen LogP) is 4.98. The van der Waals surface area contributed by atoms with Gasteiger partial charge >= 0.3 is 0 Å². The molecule has 1 aromatic heterocycles. The highest BCUT2D eigenvalue weighted by Crippen LogP contribution is 2.30. The summed E-state index contributed by atoms with van der Waals surface area (Å²) in [6.07, 6.45) is 0.228. The Labute approximate surface area is 154 Å². The Bertz CT molecular complexity index is 863. The van der Waals surface area contributed by atoms with E-state index in [4.69, 9.17) is 23.2 Å². The highest BCUT2D eigenvalue weighted by atomic mass is 35.5. The molecule has 0 saturated heterocycles. The summed E-state index contributed by atoms with van der Waals surface area (Å²) in [6.45, 7) is 0.403. The van der Waals surface area contributed by atoms with Crippen molar-refractivity contribution >= 4 is 40.4 Å². The summed E-state index contributed by atoms with van der Waals surface area (Å²) in [6, 6.07) is 15.0. The topological polar surface area (TPSA) is 42.0 Å². The zero-order chi connectivity index (χ0) is 16.9. The Morgan fingerprint density at radius 3 is 2.50 bits per heavy atom. The van der Waals surface area contributed by atoms with E-state index in [0.717, 1.165) is 21.8 Å². The van der Waals surface area contributed by atoms with Crippen molar-refractivity contribution < 1.29 is 4.79 Å². The second kappa shape index (κ2) is 7.79. The molecule has 0 aliphatic heterocycles. The van der Waals surface area contributed by atoms with E-state index >= 15 is 0 Å². The highest BCUT2D eigenvalue weighted by molar-refractivity contribution is 7.13. The van der Waals surface area contributed by atoms with Gasteiger partial charge in [-0.1, -0.05) is 59.6 Å². The first-order valence-electron chi connectivity index (χ1n) is 7.33. The van der Waals surface area contributed by atoms with Gasteiger partial charge < -0.3 is 5.32 Å². The second-order valence-electron chi connectivity index (χ2n) is 5.17. The third kappa shape index (κ3) is 4.15. The number of nitrogens with one attached hydrogen (secondary N) is 1. The van der Waals surface area contributed by atoms with E-state index in [1.165, 1.54) is 11.3 Å². The van der Waals surface area contributed by atoms with E-state index in [1.54, 1.807) is 6.07 Å². The molecule has 1 amide bonds. The molecule has 24 heavy (non-hydrogen) atoms. The fraction of sp³-hybridized carbons (Fsp3) is 0.111. The van der Waals surface area contributed by atoms with Gasteiger partial charge in [-0.25, -0.2) is 4.98 Å². The van der Waals surface area contributed by atoms with Crippen molar-refractivity contribution in [1.29, 1.82) is 0 Å². The molecule has 3 aromatic rings. The standard InChI is InChI=1S/C18H14Cl2N2OS/c19-15-7-3-1-5-12(15)10-21-17(23)9-13-11-24-18(22-13)14-6-2-4-8-16(14)20/h1-8,11H,9-10H2,(H,21,23). The predicted molar refractivity (Wildman–Crippen MR) is 99.6 cm³/mol. The number of halogens is 2. The number of hydrogen-bond donors (Lipinski definition) is 1. The van der Waals surface area contributed by atoms with Gasteiger partial charge in [0.25, 0.3) is 0 Å². The van der Waals surface area contributed by atoms with Crippen LogP contribution in [-0.2, 0) is 17.8 Å². The molecule has 0 atom stereocenters. The van der Waals surface area contributed by atoms with Crippen LogP contribution < -0.4 is 5.32 Å². The third-order valence-electron chi connectivity index (χ3n) is 3.43. The van der Waals surface area contributed by atoms with Gasteiger partial charge in [-0.15, -0.1) is 11.3 Å². The first kappa shape index (κ1) is 17.0. The summed E-state index contributed by atoms with van der Waals surface area (Å²) >= 11 is 13.7. The maximum absolute atomic E-state index is 12.1. The van der Waals surface area contributed by atoms with Crippen LogP contribution in [0.5, 0.6) is 0 Å². The van der Waals surface area contributed by atoms with Gasteiger partial charge in [-0.2, -0.15) is 0 Å². The molecule has 0 aliphatic rings. The molecule has 3 nitrogen and oxygen atoms in total. The molecule has 0 unspecified atom stereocenters. The average Bonchev–Trinajstić information content (AvgIpc) is 3.03. The van der Waals surface area contributed by atoms with Crippen LogP contribution in [0, 0.1) is 0 Å². The summed E-state index contributed by atoms with van der Waals surface area (Å²) in [7, 11) is 0. The fourth-order valence-corrected chi connectivity index (χ4v) is 3.55. The Hall–Kier alpha value is -1.88. The second-order valence-corrected chi connectivity index (χ2v) is 6.84. The number of hydrogen-bond acceptors (Lipinski definition) is 3. The molecular weight excluding hydrogens is 363 g/mol. The van der Waals surface area contributed by atoms with E-state index in [9.17, 15) is 4.79 Å². The number of rotatable bonds is 5. The molecular formula is C18H14Cl2N2OS. The van der Waals surface area contributed by atoms with Crippen LogP contribution in [-0.4, -0.2) is 10.9 Å². The molecule has 0 fully saturated rings. The van der Waals surface area contributed by atoms with Crippen molar-refractivity contribution in [3.05, 3.63) is 75.2 Å². The van der Waals surface area contributed by atoms with Crippen molar-refractivity contribution in [3.63, 3.8) is 0 Å². The van der Waals surface area contributed by atoms with E-state index < -0.39 is 0 Å². The smallest absolute Gasteiger partial charge is 0.226 e. The summed E-state index contributed by atoms with van der Waals surface area (Å²) in [5, 5.41) is 6.86. The van der Waals surface area contributed by atoms with Crippen LogP contribution in [0.25, 0.3) is 10.6 Å². The molecule has 0 spiro atoms. The Morgan fingerprint density at radius 2 is 1.75 bits per heavy atom. The number of carbonyl (C=O) groups excluding carboxylic acids is 1. The van der Waals surface area contributed by atoms with E-state index in [2.05, 4.69) is 10.3 Å². The summed E-state index contributed by atoms with van der Waals surface area (Å²) in [5.41, 5.74) is 2.50. The van der Waals surface area contributed by atoms with Gasteiger partial charge in [0.05, 0.1) is 17.1 Å². The lowest BCUT2D eigenvalue weighted by Gasteiger charge is -2.06. The van der Waals surface area contributed by atoms with Crippen LogP contribution >= 0.6 is 34.5 Å². The quantitative estimate of drug-likeness (QED) is 0.682. The van der Waals surface area contributed by atoms with Gasteiger partial charge in [0.1, 0.15) is 5.01 Å². The number of nitrogens with zero attached hydrogens (tertiary/aromatic N) is 1. The first-order chi connectivity index (χ1) is 11.6. The molecule has 0 aliphatic carbocycles. The van der Waals surface area contributed by atoms with Gasteiger partial charge in [-0.05, 0) is 17.7 Å². The van der Waals surface area contributed by atoms with E-state index in [1.807, 2.05) is 47.8 Å². The zero-order valence-corrected chi connectivity index (χ0v) is 15.0. The number of thiazole rings is 1. The molecule has 0 radical (unpaired) electrons. The molecule has 0 saturated carbocycles. The maximum atomic E-state index is 12.1. The van der Waals surface area contributed by atoms with Crippen molar-refractivity contribution in [1.82, 2.24) is 10.3 Å². The molecule has 1 heterocycles. The minimum Gasteiger partial charge on any atom is -0.352 e. The molecule has 2 aromatic carbocycles. The molecule has 122 valence electrons. The lowest BCUT2D eigenvalue weighted by molar-refractivity contribution is -0.120. The first-order valence-corrected chi connectivity index (χ1v) is 8.96. The van der Waals surface area contributed by atoms with Crippen molar-refractivity contribution in [2.24, 2.45) is 0 Å². The van der Waals surface area contributed by atoms with Crippen molar-refractivity contribution in [3.8, 4) is 10.6 Å². The number of benzene rings is 2. The van der Waals surface area contributed by atoms with E-state index in [0.29, 0.717) is 16.6 Å². The molecule has 3 rings (SSSR count). The normalized spacial score (nSPS) is 10.6. The van der Waals surface area contributed by atoms with Gasteiger partial charge in [-0.3, -0.25) is 4.79 Å². The lowest BCUT2D eigenvalue weighted by Crippen LogP contribution is -2.24. The monoisotopic (exact) mass is 376 g/mol. The highest BCUT2D eigenvalue weighted by Gasteiger charge is 2.11. The van der Waals surface area contributed by atoms with Crippen molar-refractivity contribution in [2.75, 3.05) is 0 Å². The minimum absolute atomic E-state index is 0.0917. The maximum Gasteiger partial charge on any atom is 0.226 e. The average molecular weight is 377 g/mol. The Kier molecular flexibility index (Phi) is 5.51. The van der Waals surface area contributed by atoms with Gasteiger partial charge in [0, 0.05) is 22.5 Å². The lowest BCUT2D eigenvalue weighted by atomic mass is 10.2. The third-order valence-corrected chi connectivity index (χ3v) is 5.05. The largest absolute Gasteiger partial charge is 0.352 e. The summed E-state index contributed by atoms with van der Waals surface area (Å²) < 4.78 is 0. The molecule has 1 N–H and O–H groups in total. The summed E-state index contributed by atoms with van der Waals surface area (Å²) in [5.74, 6) is -0.0917. The zero-order valence-electron chi connectivity index (χ0n) is 12.6. The van der Waals surface area contributed by atoms with Crippen LogP contribution in [0.4, 0.5) is 0 Å². The number of amides is 1. The minimum atomic E-state index is -0.0917. The van der Waals surface area contributed by atoms with E-state index in [-0.39, 0.29) is 12.3 Å². The Balaban J connectivity index is 1.62. The molecule has 6 heteroatoms. The van der Waals surface area contributed by atoms with Crippen molar-refractivity contribution in [2.45, 2.75) is 13.0 Å².